The van der Waals surface area contributed by atoms with E-state index in [0.29, 0.717) is 16.4 Å². The maximum absolute atomic E-state index is 12.8. The molecule has 0 radical (unpaired) electrons. The van der Waals surface area contributed by atoms with Crippen LogP contribution in [0.1, 0.15) is 41.6 Å². The van der Waals surface area contributed by atoms with Crippen LogP contribution in [0.2, 0.25) is 0 Å². The Labute approximate surface area is 166 Å². The first kappa shape index (κ1) is 19.6. The van der Waals surface area contributed by atoms with Crippen molar-refractivity contribution in [1.29, 1.82) is 0 Å². The summed E-state index contributed by atoms with van der Waals surface area (Å²) < 4.78 is 0.939. The fourth-order valence-corrected chi connectivity index (χ4v) is 4.40. The van der Waals surface area contributed by atoms with Crippen molar-refractivity contribution in [2.24, 2.45) is 5.92 Å². The van der Waals surface area contributed by atoms with Gasteiger partial charge in [0.15, 0.2) is 10.9 Å². The molecule has 8 heteroatoms. The number of hydrogen-bond acceptors (Lipinski definition) is 6. The van der Waals surface area contributed by atoms with E-state index in [-0.39, 0.29) is 11.7 Å². The summed E-state index contributed by atoms with van der Waals surface area (Å²) in [6.45, 7) is 1.90. The Morgan fingerprint density at radius 1 is 1.15 bits per heavy atom. The number of ketones is 1. The van der Waals surface area contributed by atoms with Crippen LogP contribution in [0.3, 0.4) is 0 Å². The van der Waals surface area contributed by atoms with Gasteiger partial charge in [-0.2, -0.15) is 0 Å². The molecule has 0 bridgehead atoms. The summed E-state index contributed by atoms with van der Waals surface area (Å²) in [6.07, 6.45) is 7.41. The fourth-order valence-electron chi connectivity index (χ4n) is 3.12. The number of nitrogens with one attached hydrogen (secondary N) is 2. The number of thiazole rings is 1. The van der Waals surface area contributed by atoms with Gasteiger partial charge < -0.3 is 5.32 Å². The SMILES string of the molecule is CSc1cnc(NC(=O)C(=O)Nc2ccc(C)cc2C(=O)C2CCCC2)s1. The van der Waals surface area contributed by atoms with Crippen molar-refractivity contribution in [3.05, 3.63) is 35.5 Å². The third kappa shape index (κ3) is 4.75. The first-order chi connectivity index (χ1) is 13.0. The molecule has 2 aromatic rings. The number of amides is 2. The first-order valence-electron chi connectivity index (χ1n) is 8.75. The molecule has 3 rings (SSSR count). The van der Waals surface area contributed by atoms with Gasteiger partial charge in [-0.05, 0) is 38.2 Å². The third-order valence-corrected chi connectivity index (χ3v) is 6.49. The molecule has 0 aliphatic heterocycles. The average Bonchev–Trinajstić information content (AvgIpc) is 3.34. The molecule has 0 spiro atoms. The summed E-state index contributed by atoms with van der Waals surface area (Å²) in [4.78, 5) is 41.4. The van der Waals surface area contributed by atoms with E-state index >= 15 is 0 Å². The number of carbonyl (C=O) groups is 3. The minimum atomic E-state index is -0.819. The second-order valence-electron chi connectivity index (χ2n) is 6.49. The van der Waals surface area contributed by atoms with Gasteiger partial charge in [0, 0.05) is 11.5 Å². The average molecular weight is 404 g/mol. The molecule has 1 heterocycles. The predicted octanol–water partition coefficient (Wildman–Crippen LogP) is 4.12. The van der Waals surface area contributed by atoms with Crippen molar-refractivity contribution in [2.45, 2.75) is 36.8 Å². The molecule has 2 N–H and O–H groups in total. The Kier molecular flexibility index (Phi) is 6.28. The van der Waals surface area contributed by atoms with Crippen LogP contribution in [0.5, 0.6) is 0 Å². The van der Waals surface area contributed by atoms with Crippen LogP contribution < -0.4 is 10.6 Å². The number of hydrogen-bond donors (Lipinski definition) is 2. The molecular formula is C19H21N3O3S2. The maximum Gasteiger partial charge on any atom is 0.315 e. The van der Waals surface area contributed by atoms with E-state index in [2.05, 4.69) is 15.6 Å². The summed E-state index contributed by atoms with van der Waals surface area (Å²) in [5, 5.41) is 5.44. The molecule has 6 nitrogen and oxygen atoms in total. The van der Waals surface area contributed by atoms with E-state index in [1.807, 2.05) is 19.2 Å². The second kappa shape index (κ2) is 8.67. The molecule has 0 atom stereocenters. The third-order valence-electron chi connectivity index (χ3n) is 4.53. The fraction of sp³-hybridized carbons (Fsp3) is 0.368. The molecule has 0 saturated heterocycles. The van der Waals surface area contributed by atoms with Crippen molar-refractivity contribution in [2.75, 3.05) is 16.9 Å². The molecule has 0 unspecified atom stereocenters. The number of thioether (sulfide) groups is 1. The number of aromatic nitrogens is 1. The number of benzene rings is 1. The van der Waals surface area contributed by atoms with Gasteiger partial charge in [-0.1, -0.05) is 35.8 Å². The lowest BCUT2D eigenvalue weighted by Gasteiger charge is -2.14. The topological polar surface area (TPSA) is 88.2 Å². The molecular weight excluding hydrogens is 382 g/mol. The van der Waals surface area contributed by atoms with Crippen molar-refractivity contribution < 1.29 is 14.4 Å². The van der Waals surface area contributed by atoms with E-state index in [9.17, 15) is 14.4 Å². The van der Waals surface area contributed by atoms with Gasteiger partial charge in [-0.3, -0.25) is 19.7 Å². The molecule has 2 amide bonds. The van der Waals surface area contributed by atoms with Crippen molar-refractivity contribution in [3.63, 3.8) is 0 Å². The van der Waals surface area contributed by atoms with Crippen LogP contribution in [0.15, 0.2) is 28.6 Å². The monoisotopic (exact) mass is 403 g/mol. The van der Waals surface area contributed by atoms with Gasteiger partial charge in [0.05, 0.1) is 16.1 Å². The second-order valence-corrected chi connectivity index (χ2v) is 8.63. The zero-order chi connectivity index (χ0) is 19.4. The number of rotatable bonds is 5. The van der Waals surface area contributed by atoms with Gasteiger partial charge in [0.2, 0.25) is 0 Å². The summed E-state index contributed by atoms with van der Waals surface area (Å²) >= 11 is 2.81. The summed E-state index contributed by atoms with van der Waals surface area (Å²) in [7, 11) is 0. The Hall–Kier alpha value is -2.19. The highest BCUT2D eigenvalue weighted by atomic mass is 32.2. The van der Waals surface area contributed by atoms with Gasteiger partial charge >= 0.3 is 11.8 Å². The zero-order valence-electron chi connectivity index (χ0n) is 15.2. The molecule has 1 aromatic heterocycles. The quantitative estimate of drug-likeness (QED) is 0.445. The van der Waals surface area contributed by atoms with Crippen LogP contribution >= 0.6 is 23.1 Å². The first-order valence-corrected chi connectivity index (χ1v) is 10.8. The van der Waals surface area contributed by atoms with Gasteiger partial charge in [0.25, 0.3) is 0 Å². The highest BCUT2D eigenvalue weighted by Gasteiger charge is 2.27. The van der Waals surface area contributed by atoms with Crippen molar-refractivity contribution in [1.82, 2.24) is 4.98 Å². The largest absolute Gasteiger partial charge is 0.317 e. The summed E-state index contributed by atoms with van der Waals surface area (Å²) in [6, 6.07) is 5.27. The molecule has 1 aliphatic rings. The van der Waals surface area contributed by atoms with Gasteiger partial charge in [-0.25, -0.2) is 4.98 Å². The molecule has 1 aromatic carbocycles. The molecule has 1 aliphatic carbocycles. The van der Waals surface area contributed by atoms with Gasteiger partial charge in [0.1, 0.15) is 0 Å². The van der Waals surface area contributed by atoms with Gasteiger partial charge in [-0.15, -0.1) is 11.8 Å². The molecule has 27 heavy (non-hydrogen) atoms. The molecule has 142 valence electrons. The van der Waals surface area contributed by atoms with Crippen LogP contribution in [-0.2, 0) is 9.59 Å². The Balaban J connectivity index is 1.73. The minimum Gasteiger partial charge on any atom is -0.317 e. The number of Topliss-reactive ketones (excluding diaryl/α,β-unsaturated/α-hetero) is 1. The van der Waals surface area contributed by atoms with Crippen molar-refractivity contribution >= 4 is 51.5 Å². The zero-order valence-corrected chi connectivity index (χ0v) is 16.8. The lowest BCUT2D eigenvalue weighted by molar-refractivity contribution is -0.133. The van der Waals surface area contributed by atoms with E-state index in [4.69, 9.17) is 0 Å². The minimum absolute atomic E-state index is 0.00318. The lowest BCUT2D eigenvalue weighted by atomic mass is 9.94. The van der Waals surface area contributed by atoms with E-state index in [1.165, 1.54) is 23.1 Å². The predicted molar refractivity (Wildman–Crippen MR) is 109 cm³/mol. The standard InChI is InChI=1S/C19H21N3O3S2/c1-11-7-8-14(13(9-11)16(23)12-5-3-4-6-12)21-17(24)18(25)22-19-20-10-15(26-2)27-19/h7-10,12H,3-6H2,1-2H3,(H,21,24)(H,20,22,25). The van der Waals surface area contributed by atoms with Crippen molar-refractivity contribution in [3.8, 4) is 0 Å². The maximum atomic E-state index is 12.8. The summed E-state index contributed by atoms with van der Waals surface area (Å²) in [5.41, 5.74) is 1.79. The van der Waals surface area contributed by atoms with Crippen LogP contribution in [0.4, 0.5) is 10.8 Å². The smallest absolute Gasteiger partial charge is 0.315 e. The highest BCUT2D eigenvalue weighted by Crippen LogP contribution is 2.31. The molecule has 1 fully saturated rings. The number of aryl methyl sites for hydroxylation is 1. The molecule has 1 saturated carbocycles. The Morgan fingerprint density at radius 3 is 2.52 bits per heavy atom. The van der Waals surface area contributed by atoms with Crippen LogP contribution in [0, 0.1) is 12.8 Å². The van der Waals surface area contributed by atoms with Crippen LogP contribution in [0.25, 0.3) is 0 Å². The van der Waals surface area contributed by atoms with E-state index in [0.717, 1.165) is 35.5 Å². The summed E-state index contributed by atoms with van der Waals surface area (Å²) in [5.74, 6) is -1.59. The van der Waals surface area contributed by atoms with Crippen LogP contribution in [-0.4, -0.2) is 28.8 Å². The highest BCUT2D eigenvalue weighted by molar-refractivity contribution is 8.00. The lowest BCUT2D eigenvalue weighted by Crippen LogP contribution is -2.30. The number of carbonyl (C=O) groups excluding carboxylic acids is 3. The number of nitrogens with zero attached hydrogens (tertiary/aromatic N) is 1. The Bertz CT molecular complexity index is 873. The Morgan fingerprint density at radius 2 is 1.85 bits per heavy atom. The van der Waals surface area contributed by atoms with E-state index < -0.39 is 11.8 Å². The van der Waals surface area contributed by atoms with E-state index in [1.54, 1.807) is 18.3 Å². The normalized spacial score (nSPS) is 14.1. The number of anilines is 2.